The van der Waals surface area contributed by atoms with Crippen LogP contribution in [-0.2, 0) is 9.84 Å². The van der Waals surface area contributed by atoms with Crippen LogP contribution in [0.15, 0.2) is 29.2 Å². The number of hydrogen-bond acceptors (Lipinski definition) is 2. The molecule has 2 rings (SSSR count). The van der Waals surface area contributed by atoms with E-state index in [1.165, 1.54) is 12.8 Å². The van der Waals surface area contributed by atoms with Crippen LogP contribution in [0.4, 0.5) is 0 Å². The SMILES string of the molecule is [C-]#[N+]C(CC1CCCC1)S(=O)(=O)c1ccc(C)cc1. The normalized spacial score (nSPS) is 18.1. The van der Waals surface area contributed by atoms with Gasteiger partial charge in [0.05, 0.1) is 4.90 Å². The Bertz CT molecular complexity index is 563. The zero-order chi connectivity index (χ0) is 13.9. The van der Waals surface area contributed by atoms with Gasteiger partial charge in [-0.05, 0) is 25.0 Å². The summed E-state index contributed by atoms with van der Waals surface area (Å²) in [6.45, 7) is 9.13. The summed E-state index contributed by atoms with van der Waals surface area (Å²) in [4.78, 5) is 3.66. The van der Waals surface area contributed by atoms with Crippen LogP contribution in [0.5, 0.6) is 0 Å². The number of rotatable bonds is 4. The minimum absolute atomic E-state index is 0.275. The third-order valence-electron chi connectivity index (χ3n) is 3.86. The second-order valence-corrected chi connectivity index (χ2v) is 7.43. The van der Waals surface area contributed by atoms with Gasteiger partial charge >= 0.3 is 5.37 Å². The molecule has 1 aliphatic rings. The summed E-state index contributed by atoms with van der Waals surface area (Å²) in [5.41, 5.74) is 1.02. The standard InChI is InChI=1S/C15H19NO2S/c1-12-7-9-14(10-8-12)19(17,18)15(16-2)11-13-5-3-4-6-13/h7-10,13,15H,3-6,11H2,1H3. The Morgan fingerprint density at radius 2 is 1.84 bits per heavy atom. The Labute approximate surface area is 115 Å². The van der Waals surface area contributed by atoms with E-state index in [-0.39, 0.29) is 4.90 Å². The number of benzene rings is 1. The van der Waals surface area contributed by atoms with Crippen molar-refractivity contribution >= 4 is 9.84 Å². The molecular weight excluding hydrogens is 258 g/mol. The van der Waals surface area contributed by atoms with Gasteiger partial charge in [-0.1, -0.05) is 43.4 Å². The molecular formula is C15H19NO2S. The van der Waals surface area contributed by atoms with Crippen LogP contribution in [0, 0.1) is 19.4 Å². The van der Waals surface area contributed by atoms with E-state index in [4.69, 9.17) is 6.57 Å². The molecule has 0 radical (unpaired) electrons. The van der Waals surface area contributed by atoms with E-state index in [2.05, 4.69) is 4.85 Å². The lowest BCUT2D eigenvalue weighted by Crippen LogP contribution is -2.20. The number of aryl methyl sites for hydroxylation is 1. The highest BCUT2D eigenvalue weighted by Gasteiger charge is 2.35. The highest BCUT2D eigenvalue weighted by Crippen LogP contribution is 2.32. The van der Waals surface area contributed by atoms with Crippen molar-refractivity contribution in [2.75, 3.05) is 0 Å². The third kappa shape index (κ3) is 3.16. The van der Waals surface area contributed by atoms with Crippen molar-refractivity contribution < 1.29 is 8.42 Å². The molecule has 19 heavy (non-hydrogen) atoms. The van der Waals surface area contributed by atoms with Crippen LogP contribution >= 0.6 is 0 Å². The second kappa shape index (κ2) is 5.75. The monoisotopic (exact) mass is 277 g/mol. The van der Waals surface area contributed by atoms with Crippen LogP contribution in [0.2, 0.25) is 0 Å². The minimum Gasteiger partial charge on any atom is -0.296 e. The summed E-state index contributed by atoms with van der Waals surface area (Å²) in [5, 5.41) is -0.918. The Balaban J connectivity index is 2.20. The van der Waals surface area contributed by atoms with E-state index in [1.807, 2.05) is 6.92 Å². The van der Waals surface area contributed by atoms with E-state index in [0.29, 0.717) is 12.3 Å². The fourth-order valence-electron chi connectivity index (χ4n) is 2.67. The van der Waals surface area contributed by atoms with Gasteiger partial charge in [-0.25, -0.2) is 15.0 Å². The van der Waals surface area contributed by atoms with Gasteiger partial charge in [0.25, 0.3) is 9.84 Å². The lowest BCUT2D eigenvalue weighted by atomic mass is 10.0. The molecule has 1 saturated carbocycles. The van der Waals surface area contributed by atoms with Crippen LogP contribution in [0.3, 0.4) is 0 Å². The maximum Gasteiger partial charge on any atom is 0.325 e. The molecule has 0 N–H and O–H groups in total. The summed E-state index contributed by atoms with van der Waals surface area (Å²) in [5.74, 6) is 0.402. The minimum atomic E-state index is -3.51. The Kier molecular flexibility index (Phi) is 4.26. The van der Waals surface area contributed by atoms with Gasteiger partial charge < -0.3 is 0 Å². The average Bonchev–Trinajstić information content (AvgIpc) is 2.89. The molecule has 0 saturated heterocycles. The van der Waals surface area contributed by atoms with Crippen molar-refractivity contribution in [2.45, 2.75) is 49.3 Å². The molecule has 0 amide bonds. The Morgan fingerprint density at radius 3 is 2.37 bits per heavy atom. The molecule has 1 aromatic rings. The summed E-state index contributed by atoms with van der Waals surface area (Å²) in [6.07, 6.45) is 4.95. The fraction of sp³-hybridized carbons (Fsp3) is 0.533. The topological polar surface area (TPSA) is 38.5 Å². The molecule has 4 heteroatoms. The van der Waals surface area contributed by atoms with E-state index in [0.717, 1.165) is 18.4 Å². The van der Waals surface area contributed by atoms with Crippen LogP contribution in [-0.4, -0.2) is 13.8 Å². The molecule has 1 aliphatic carbocycles. The van der Waals surface area contributed by atoms with Gasteiger partial charge in [-0.2, -0.15) is 0 Å². The molecule has 1 fully saturated rings. The summed E-state index contributed by atoms with van der Waals surface area (Å²) < 4.78 is 24.9. The molecule has 102 valence electrons. The number of nitrogens with zero attached hydrogens (tertiary/aromatic N) is 1. The van der Waals surface area contributed by atoms with Gasteiger partial charge in [-0.15, -0.1) is 0 Å². The van der Waals surface area contributed by atoms with Crippen molar-refractivity contribution in [3.8, 4) is 0 Å². The predicted molar refractivity (Wildman–Crippen MR) is 75.3 cm³/mol. The third-order valence-corrected chi connectivity index (χ3v) is 5.80. The van der Waals surface area contributed by atoms with E-state index in [1.54, 1.807) is 24.3 Å². The second-order valence-electron chi connectivity index (χ2n) is 5.33. The quantitative estimate of drug-likeness (QED) is 0.789. The van der Waals surface area contributed by atoms with Crippen LogP contribution in [0.25, 0.3) is 4.85 Å². The van der Waals surface area contributed by atoms with Crippen molar-refractivity contribution in [1.29, 1.82) is 0 Å². The molecule has 0 aliphatic heterocycles. The molecule has 0 spiro atoms. The van der Waals surface area contributed by atoms with Gasteiger partial charge in [0.1, 0.15) is 0 Å². The average molecular weight is 277 g/mol. The van der Waals surface area contributed by atoms with E-state index >= 15 is 0 Å². The summed E-state index contributed by atoms with van der Waals surface area (Å²) >= 11 is 0. The zero-order valence-corrected chi connectivity index (χ0v) is 12.0. The molecule has 1 atom stereocenters. The molecule has 3 nitrogen and oxygen atoms in total. The molecule has 0 heterocycles. The van der Waals surface area contributed by atoms with Crippen LogP contribution in [0.1, 0.15) is 37.7 Å². The summed E-state index contributed by atoms with van der Waals surface area (Å²) in [6, 6.07) is 6.78. The first kappa shape index (κ1) is 14.1. The Morgan fingerprint density at radius 1 is 1.26 bits per heavy atom. The largest absolute Gasteiger partial charge is 0.325 e. The molecule has 1 aromatic carbocycles. The van der Waals surface area contributed by atoms with E-state index in [9.17, 15) is 8.42 Å². The first-order chi connectivity index (χ1) is 9.04. The first-order valence-corrected chi connectivity index (χ1v) is 8.26. The van der Waals surface area contributed by atoms with Gasteiger partial charge in [0.15, 0.2) is 0 Å². The fourth-order valence-corrected chi connectivity index (χ4v) is 4.16. The Hall–Kier alpha value is -1.34. The lowest BCUT2D eigenvalue weighted by molar-refractivity contribution is 0.496. The molecule has 0 bridgehead atoms. The zero-order valence-electron chi connectivity index (χ0n) is 11.2. The molecule has 1 unspecified atom stereocenters. The van der Waals surface area contributed by atoms with Gasteiger partial charge in [-0.3, -0.25) is 4.85 Å². The van der Waals surface area contributed by atoms with Gasteiger partial charge in [0.2, 0.25) is 0 Å². The van der Waals surface area contributed by atoms with Crippen molar-refractivity contribution in [3.63, 3.8) is 0 Å². The lowest BCUT2D eigenvalue weighted by Gasteiger charge is -2.12. The maximum atomic E-state index is 12.4. The maximum absolute atomic E-state index is 12.4. The van der Waals surface area contributed by atoms with Crippen LogP contribution < -0.4 is 0 Å². The highest BCUT2D eigenvalue weighted by atomic mass is 32.2. The van der Waals surface area contributed by atoms with E-state index < -0.39 is 15.2 Å². The summed E-state index contributed by atoms with van der Waals surface area (Å²) in [7, 11) is -3.51. The predicted octanol–water partition coefficient (Wildman–Crippen LogP) is 3.59. The van der Waals surface area contributed by atoms with Gasteiger partial charge in [0, 0.05) is 6.42 Å². The number of sulfone groups is 1. The van der Waals surface area contributed by atoms with Crippen molar-refractivity contribution in [1.82, 2.24) is 0 Å². The van der Waals surface area contributed by atoms with Crippen molar-refractivity contribution in [2.24, 2.45) is 5.92 Å². The molecule has 0 aromatic heterocycles. The first-order valence-electron chi connectivity index (χ1n) is 6.71. The van der Waals surface area contributed by atoms with Crippen molar-refractivity contribution in [3.05, 3.63) is 41.2 Å². The number of hydrogen-bond donors (Lipinski definition) is 0. The highest BCUT2D eigenvalue weighted by molar-refractivity contribution is 7.92. The smallest absolute Gasteiger partial charge is 0.296 e.